The molecule has 0 bridgehead atoms. The zero-order valence-electron chi connectivity index (χ0n) is 7.44. The molecule has 0 aromatic carbocycles. The Bertz CT molecular complexity index is 106. The van der Waals surface area contributed by atoms with Crippen molar-refractivity contribution in [2.45, 2.75) is 32.9 Å². The number of halogens is 1. The zero-order valence-corrected chi connectivity index (χ0v) is 7.44. The topological polar surface area (TPSA) is 3.24 Å². The van der Waals surface area contributed by atoms with E-state index >= 15 is 0 Å². The summed E-state index contributed by atoms with van der Waals surface area (Å²) in [6.45, 7) is 7.18. The normalized spacial score (nSPS) is 22.9. The molecule has 65 valence electrons. The number of hydrogen-bond acceptors (Lipinski definition) is 1. The molecule has 1 heterocycles. The first-order valence-corrected chi connectivity index (χ1v) is 4.34. The molecule has 0 N–H and O–H groups in total. The quantitative estimate of drug-likeness (QED) is 0.594. The summed E-state index contributed by atoms with van der Waals surface area (Å²) in [6.07, 6.45) is 0.920. The lowest BCUT2D eigenvalue weighted by Crippen LogP contribution is -2.36. The predicted octanol–water partition coefficient (Wildman–Crippen LogP) is 2.03. The van der Waals surface area contributed by atoms with Gasteiger partial charge < -0.3 is 4.90 Å². The van der Waals surface area contributed by atoms with Crippen LogP contribution in [0, 0.1) is 5.92 Å². The average molecular weight is 158 g/mol. The van der Waals surface area contributed by atoms with Crippen LogP contribution in [0.15, 0.2) is 0 Å². The van der Waals surface area contributed by atoms with E-state index in [2.05, 4.69) is 18.7 Å². The lowest BCUT2D eigenvalue weighted by Gasteiger charge is -2.29. The highest BCUT2D eigenvalue weighted by Crippen LogP contribution is 2.14. The molecule has 1 aliphatic rings. The SMILES string of the molecule is C[C](C)CN1CCC(F)CC1. The fourth-order valence-electron chi connectivity index (χ4n) is 1.51. The molecule has 1 fully saturated rings. The molecule has 2 heteroatoms. The van der Waals surface area contributed by atoms with E-state index in [-0.39, 0.29) is 0 Å². The Morgan fingerprint density at radius 3 is 2.36 bits per heavy atom. The van der Waals surface area contributed by atoms with Crippen molar-refractivity contribution in [3.8, 4) is 0 Å². The van der Waals surface area contributed by atoms with Crippen molar-refractivity contribution in [1.29, 1.82) is 0 Å². The average Bonchev–Trinajstić information content (AvgIpc) is 1.93. The molecule has 0 aliphatic carbocycles. The van der Waals surface area contributed by atoms with E-state index in [4.69, 9.17) is 0 Å². The number of alkyl halides is 1. The molecule has 0 aromatic rings. The Morgan fingerprint density at radius 2 is 1.91 bits per heavy atom. The molecule has 0 spiro atoms. The third-order valence-electron chi connectivity index (χ3n) is 2.06. The maximum absolute atomic E-state index is 12.7. The van der Waals surface area contributed by atoms with Gasteiger partial charge in [-0.25, -0.2) is 4.39 Å². The number of likely N-dealkylation sites (tertiary alicyclic amines) is 1. The first-order chi connectivity index (χ1) is 5.18. The van der Waals surface area contributed by atoms with Crippen LogP contribution < -0.4 is 0 Å². The van der Waals surface area contributed by atoms with Gasteiger partial charge in [0.2, 0.25) is 0 Å². The number of piperidine rings is 1. The first kappa shape index (κ1) is 8.98. The van der Waals surface area contributed by atoms with Gasteiger partial charge in [0.05, 0.1) is 0 Å². The monoisotopic (exact) mass is 158 g/mol. The van der Waals surface area contributed by atoms with Crippen LogP contribution in [-0.4, -0.2) is 30.7 Å². The van der Waals surface area contributed by atoms with Gasteiger partial charge in [0.25, 0.3) is 0 Å². The Labute approximate surface area is 68.6 Å². The lowest BCUT2D eigenvalue weighted by molar-refractivity contribution is 0.155. The van der Waals surface area contributed by atoms with E-state index in [0.29, 0.717) is 0 Å². The van der Waals surface area contributed by atoms with E-state index in [9.17, 15) is 4.39 Å². The molecule has 1 radical (unpaired) electrons. The molecule has 0 aromatic heterocycles. The fraction of sp³-hybridized carbons (Fsp3) is 0.889. The first-order valence-electron chi connectivity index (χ1n) is 4.34. The standard InChI is InChI=1S/C9H17FN/c1-8(2)7-11-5-3-9(10)4-6-11/h9H,3-7H2,1-2H3. The summed E-state index contributed by atoms with van der Waals surface area (Å²) in [7, 11) is 0. The largest absolute Gasteiger partial charge is 0.303 e. The highest BCUT2D eigenvalue weighted by molar-refractivity contribution is 4.84. The molecule has 11 heavy (non-hydrogen) atoms. The van der Waals surface area contributed by atoms with Crippen molar-refractivity contribution in [2.24, 2.45) is 0 Å². The minimum absolute atomic E-state index is 0.539. The molecule has 1 saturated heterocycles. The molecule has 1 rings (SSSR count). The summed E-state index contributed by atoms with van der Waals surface area (Å²) in [5, 5.41) is 0. The minimum Gasteiger partial charge on any atom is -0.303 e. The van der Waals surface area contributed by atoms with Crippen molar-refractivity contribution in [1.82, 2.24) is 4.90 Å². The van der Waals surface area contributed by atoms with Gasteiger partial charge in [0.1, 0.15) is 6.17 Å². The molecule has 0 unspecified atom stereocenters. The van der Waals surface area contributed by atoms with Gasteiger partial charge in [0.15, 0.2) is 0 Å². The summed E-state index contributed by atoms with van der Waals surface area (Å²) >= 11 is 0. The second-order valence-electron chi connectivity index (χ2n) is 3.66. The van der Waals surface area contributed by atoms with E-state index in [1.165, 1.54) is 5.92 Å². The molecular formula is C9H17FN. The van der Waals surface area contributed by atoms with Gasteiger partial charge in [0, 0.05) is 19.6 Å². The molecule has 0 atom stereocenters. The molecule has 1 aliphatic heterocycles. The van der Waals surface area contributed by atoms with Crippen LogP contribution in [0.3, 0.4) is 0 Å². The summed E-state index contributed by atoms with van der Waals surface area (Å²) in [6, 6.07) is 0. The van der Waals surface area contributed by atoms with Gasteiger partial charge in [-0.05, 0) is 18.8 Å². The van der Waals surface area contributed by atoms with Gasteiger partial charge in [-0.15, -0.1) is 0 Å². The summed E-state index contributed by atoms with van der Waals surface area (Å²) in [5.74, 6) is 1.42. The van der Waals surface area contributed by atoms with E-state index in [0.717, 1.165) is 32.5 Å². The summed E-state index contributed by atoms with van der Waals surface area (Å²) in [5.41, 5.74) is 0. The van der Waals surface area contributed by atoms with Crippen LogP contribution in [0.25, 0.3) is 0 Å². The lowest BCUT2D eigenvalue weighted by atomic mass is 10.1. The molecule has 0 amide bonds. The Kier molecular flexibility index (Phi) is 3.31. The fourth-order valence-corrected chi connectivity index (χ4v) is 1.51. The second kappa shape index (κ2) is 4.05. The van der Waals surface area contributed by atoms with Crippen LogP contribution >= 0.6 is 0 Å². The minimum atomic E-state index is -0.539. The van der Waals surface area contributed by atoms with Crippen LogP contribution in [0.5, 0.6) is 0 Å². The van der Waals surface area contributed by atoms with E-state index in [1.54, 1.807) is 0 Å². The van der Waals surface area contributed by atoms with Crippen molar-refractivity contribution in [2.75, 3.05) is 19.6 Å². The van der Waals surface area contributed by atoms with Crippen molar-refractivity contribution >= 4 is 0 Å². The Morgan fingerprint density at radius 1 is 1.36 bits per heavy atom. The zero-order chi connectivity index (χ0) is 8.27. The van der Waals surface area contributed by atoms with Gasteiger partial charge in [-0.1, -0.05) is 13.8 Å². The highest BCUT2D eigenvalue weighted by Gasteiger charge is 2.18. The Hall–Kier alpha value is -0.110. The third-order valence-corrected chi connectivity index (χ3v) is 2.06. The number of rotatable bonds is 2. The van der Waals surface area contributed by atoms with Crippen molar-refractivity contribution < 1.29 is 4.39 Å². The highest BCUT2D eigenvalue weighted by atomic mass is 19.1. The van der Waals surface area contributed by atoms with Crippen molar-refractivity contribution in [3.05, 3.63) is 5.92 Å². The number of hydrogen-bond donors (Lipinski definition) is 0. The maximum Gasteiger partial charge on any atom is 0.103 e. The van der Waals surface area contributed by atoms with Gasteiger partial charge >= 0.3 is 0 Å². The van der Waals surface area contributed by atoms with Crippen LogP contribution in [0.2, 0.25) is 0 Å². The van der Waals surface area contributed by atoms with Crippen LogP contribution in [-0.2, 0) is 0 Å². The van der Waals surface area contributed by atoms with E-state index < -0.39 is 6.17 Å². The van der Waals surface area contributed by atoms with Gasteiger partial charge in [-0.3, -0.25) is 0 Å². The summed E-state index contributed by atoms with van der Waals surface area (Å²) < 4.78 is 12.7. The van der Waals surface area contributed by atoms with Crippen LogP contribution in [0.1, 0.15) is 26.7 Å². The maximum atomic E-state index is 12.7. The number of nitrogens with zero attached hydrogens (tertiary/aromatic N) is 1. The molecule has 0 saturated carbocycles. The third kappa shape index (κ3) is 3.19. The van der Waals surface area contributed by atoms with Crippen molar-refractivity contribution in [3.63, 3.8) is 0 Å². The van der Waals surface area contributed by atoms with Crippen LogP contribution in [0.4, 0.5) is 4.39 Å². The summed E-state index contributed by atoms with van der Waals surface area (Å²) in [4.78, 5) is 2.32. The smallest absolute Gasteiger partial charge is 0.103 e. The second-order valence-corrected chi connectivity index (χ2v) is 3.66. The molecular weight excluding hydrogens is 141 g/mol. The van der Waals surface area contributed by atoms with E-state index in [1.807, 2.05) is 0 Å². The van der Waals surface area contributed by atoms with Gasteiger partial charge in [-0.2, -0.15) is 0 Å². The molecule has 1 nitrogen and oxygen atoms in total. The predicted molar refractivity (Wildman–Crippen MR) is 45.2 cm³/mol. The Balaban J connectivity index is 2.17.